The third-order valence-corrected chi connectivity index (χ3v) is 2.93. The molecule has 0 heterocycles. The molecular weight excluding hydrogens is 210 g/mol. The molecule has 1 aromatic rings. The van der Waals surface area contributed by atoms with Gasteiger partial charge in [-0.05, 0) is 24.8 Å². The molecule has 0 aliphatic carbocycles. The molecular formula is C15H19NO. The Balaban J connectivity index is 2.54. The molecule has 2 nitrogen and oxygen atoms in total. The zero-order valence-electron chi connectivity index (χ0n) is 10.7. The lowest BCUT2D eigenvalue weighted by Crippen LogP contribution is -2.18. The smallest absolute Gasteiger partial charge is 0.150 e. The summed E-state index contributed by atoms with van der Waals surface area (Å²) in [7, 11) is 0. The van der Waals surface area contributed by atoms with Crippen LogP contribution in [0.25, 0.3) is 0 Å². The minimum atomic E-state index is -0.458. The first-order valence-corrected chi connectivity index (χ1v) is 6.02. The van der Waals surface area contributed by atoms with Crippen molar-refractivity contribution in [2.45, 2.75) is 33.6 Å². The molecule has 0 aliphatic rings. The summed E-state index contributed by atoms with van der Waals surface area (Å²) in [6.07, 6.45) is 1.18. The zero-order valence-corrected chi connectivity index (χ0v) is 10.7. The predicted octanol–water partition coefficient (Wildman–Crippen LogP) is 3.29. The molecule has 0 fully saturated rings. The van der Waals surface area contributed by atoms with Gasteiger partial charge in [0.05, 0.1) is 6.07 Å². The average Bonchev–Trinajstić information content (AvgIpc) is 2.28. The molecule has 0 radical (unpaired) electrons. The summed E-state index contributed by atoms with van der Waals surface area (Å²) in [5.74, 6) is -0.297. The molecule has 0 saturated carbocycles. The summed E-state index contributed by atoms with van der Waals surface area (Å²) in [6, 6.07) is 10.3. The van der Waals surface area contributed by atoms with E-state index in [-0.39, 0.29) is 11.7 Å². The Labute approximate surface area is 103 Å². The molecule has 0 saturated heterocycles. The van der Waals surface area contributed by atoms with Gasteiger partial charge in [0, 0.05) is 6.42 Å². The third-order valence-electron chi connectivity index (χ3n) is 2.93. The Kier molecular flexibility index (Phi) is 4.90. The summed E-state index contributed by atoms with van der Waals surface area (Å²) in [4.78, 5) is 11.8. The maximum absolute atomic E-state index is 11.8. The number of Topliss-reactive ketones (excluding diaryl/α,β-unsaturated/α-hetero) is 1. The summed E-state index contributed by atoms with van der Waals surface area (Å²) in [5, 5.41) is 8.93. The first-order chi connectivity index (χ1) is 8.04. The first-order valence-electron chi connectivity index (χ1n) is 6.02. The maximum Gasteiger partial charge on any atom is 0.150 e. The Hall–Kier alpha value is -1.62. The summed E-state index contributed by atoms with van der Waals surface area (Å²) < 4.78 is 0. The van der Waals surface area contributed by atoms with Crippen LogP contribution in [0.2, 0.25) is 0 Å². The lowest BCUT2D eigenvalue weighted by atomic mass is 9.90. The van der Waals surface area contributed by atoms with E-state index >= 15 is 0 Å². The lowest BCUT2D eigenvalue weighted by molar-refractivity contribution is -0.122. The average molecular weight is 229 g/mol. The number of carbonyl (C=O) groups excluding carboxylic acids is 1. The third kappa shape index (κ3) is 4.03. The van der Waals surface area contributed by atoms with Crippen LogP contribution < -0.4 is 0 Å². The highest BCUT2D eigenvalue weighted by Gasteiger charge is 2.20. The summed E-state index contributed by atoms with van der Waals surface area (Å²) in [6.45, 7) is 5.87. The van der Waals surface area contributed by atoms with Crippen LogP contribution in [0.3, 0.4) is 0 Å². The van der Waals surface area contributed by atoms with Gasteiger partial charge < -0.3 is 0 Å². The van der Waals surface area contributed by atoms with Crippen molar-refractivity contribution in [3.8, 4) is 6.07 Å². The normalized spacial score (nSPS) is 12.2. The fourth-order valence-corrected chi connectivity index (χ4v) is 1.77. The highest BCUT2D eigenvalue weighted by atomic mass is 16.1. The van der Waals surface area contributed by atoms with E-state index in [4.69, 9.17) is 5.26 Å². The van der Waals surface area contributed by atoms with E-state index in [1.165, 1.54) is 5.56 Å². The molecule has 2 heteroatoms. The minimum Gasteiger partial charge on any atom is -0.298 e. The second-order valence-corrected chi connectivity index (χ2v) is 4.80. The second kappa shape index (κ2) is 6.20. The Morgan fingerprint density at radius 2 is 1.88 bits per heavy atom. The Morgan fingerprint density at radius 3 is 2.35 bits per heavy atom. The summed E-state index contributed by atoms with van der Waals surface area (Å²) in [5.41, 5.74) is 2.38. The predicted molar refractivity (Wildman–Crippen MR) is 68.4 cm³/mol. The van der Waals surface area contributed by atoms with Crippen molar-refractivity contribution < 1.29 is 4.79 Å². The van der Waals surface area contributed by atoms with Crippen molar-refractivity contribution in [1.29, 1.82) is 5.26 Å². The van der Waals surface area contributed by atoms with Crippen LogP contribution in [0.4, 0.5) is 0 Å². The minimum absolute atomic E-state index is 0.0584. The number of nitriles is 1. The van der Waals surface area contributed by atoms with Crippen LogP contribution >= 0.6 is 0 Å². The van der Waals surface area contributed by atoms with Gasteiger partial charge in [-0.1, -0.05) is 43.7 Å². The van der Waals surface area contributed by atoms with Gasteiger partial charge in [0.15, 0.2) is 5.78 Å². The SMILES string of the molecule is Cc1ccc(CCC(=O)C(C#N)C(C)C)cc1. The van der Waals surface area contributed by atoms with Gasteiger partial charge >= 0.3 is 0 Å². The number of hydrogen-bond acceptors (Lipinski definition) is 2. The van der Waals surface area contributed by atoms with E-state index in [9.17, 15) is 4.79 Å². The number of rotatable bonds is 5. The van der Waals surface area contributed by atoms with E-state index < -0.39 is 5.92 Å². The highest BCUT2D eigenvalue weighted by Crippen LogP contribution is 2.15. The van der Waals surface area contributed by atoms with Crippen molar-refractivity contribution in [3.63, 3.8) is 0 Å². The Bertz CT molecular complexity index is 412. The molecule has 0 aromatic heterocycles. The first kappa shape index (κ1) is 13.4. The quantitative estimate of drug-likeness (QED) is 0.777. The Morgan fingerprint density at radius 1 is 1.29 bits per heavy atom. The number of hydrogen-bond donors (Lipinski definition) is 0. The van der Waals surface area contributed by atoms with Gasteiger partial charge in [0.25, 0.3) is 0 Å². The van der Waals surface area contributed by atoms with E-state index in [1.54, 1.807) is 0 Å². The van der Waals surface area contributed by atoms with E-state index in [2.05, 4.69) is 6.07 Å². The van der Waals surface area contributed by atoms with Crippen LogP contribution in [0.1, 0.15) is 31.4 Å². The molecule has 1 aromatic carbocycles. The molecule has 90 valence electrons. The van der Waals surface area contributed by atoms with Crippen molar-refractivity contribution in [3.05, 3.63) is 35.4 Å². The topological polar surface area (TPSA) is 40.9 Å². The lowest BCUT2D eigenvalue weighted by Gasteiger charge is -2.11. The molecule has 0 aliphatic heterocycles. The molecule has 0 bridgehead atoms. The number of ketones is 1. The monoisotopic (exact) mass is 229 g/mol. The van der Waals surface area contributed by atoms with E-state index in [0.717, 1.165) is 12.0 Å². The summed E-state index contributed by atoms with van der Waals surface area (Å²) >= 11 is 0. The van der Waals surface area contributed by atoms with Crippen LogP contribution in [0.5, 0.6) is 0 Å². The maximum atomic E-state index is 11.8. The van der Waals surface area contributed by atoms with Crippen molar-refractivity contribution in [2.24, 2.45) is 11.8 Å². The number of aryl methyl sites for hydroxylation is 2. The van der Waals surface area contributed by atoms with Crippen LogP contribution in [0, 0.1) is 30.1 Å². The van der Waals surface area contributed by atoms with Gasteiger partial charge in [-0.3, -0.25) is 4.79 Å². The largest absolute Gasteiger partial charge is 0.298 e. The fraction of sp³-hybridized carbons (Fsp3) is 0.467. The number of carbonyl (C=O) groups is 1. The molecule has 1 rings (SSSR count). The standard InChI is InChI=1S/C15H19NO/c1-11(2)14(10-16)15(17)9-8-13-6-4-12(3)5-7-13/h4-7,11,14H,8-9H2,1-3H3. The molecule has 1 atom stereocenters. The van der Waals surface area contributed by atoms with Crippen molar-refractivity contribution in [1.82, 2.24) is 0 Å². The van der Waals surface area contributed by atoms with Crippen molar-refractivity contribution >= 4 is 5.78 Å². The van der Waals surface area contributed by atoms with Gasteiger partial charge in [-0.15, -0.1) is 0 Å². The van der Waals surface area contributed by atoms with Gasteiger partial charge in [-0.2, -0.15) is 5.26 Å². The van der Waals surface area contributed by atoms with Crippen LogP contribution in [0.15, 0.2) is 24.3 Å². The molecule has 0 spiro atoms. The van der Waals surface area contributed by atoms with Gasteiger partial charge in [-0.25, -0.2) is 0 Å². The molecule has 0 amide bonds. The van der Waals surface area contributed by atoms with Gasteiger partial charge in [0.1, 0.15) is 5.92 Å². The number of benzene rings is 1. The van der Waals surface area contributed by atoms with Crippen LogP contribution in [-0.4, -0.2) is 5.78 Å². The fourth-order valence-electron chi connectivity index (χ4n) is 1.77. The van der Waals surface area contributed by atoms with Crippen molar-refractivity contribution in [2.75, 3.05) is 0 Å². The molecule has 17 heavy (non-hydrogen) atoms. The van der Waals surface area contributed by atoms with E-state index in [0.29, 0.717) is 6.42 Å². The molecule has 1 unspecified atom stereocenters. The van der Waals surface area contributed by atoms with Gasteiger partial charge in [0.2, 0.25) is 0 Å². The second-order valence-electron chi connectivity index (χ2n) is 4.80. The number of nitrogens with zero attached hydrogens (tertiary/aromatic N) is 1. The van der Waals surface area contributed by atoms with Crippen LogP contribution in [-0.2, 0) is 11.2 Å². The molecule has 0 N–H and O–H groups in total. The van der Waals surface area contributed by atoms with E-state index in [1.807, 2.05) is 45.0 Å². The zero-order chi connectivity index (χ0) is 12.8. The highest BCUT2D eigenvalue weighted by molar-refractivity contribution is 5.83.